The summed E-state index contributed by atoms with van der Waals surface area (Å²) >= 11 is 5.97. The van der Waals surface area contributed by atoms with E-state index in [0.29, 0.717) is 10.7 Å². The maximum atomic E-state index is 5.97. The largest absolute Gasteiger partial charge is 0.497 e. The molecule has 0 aliphatic carbocycles. The molecule has 3 N–H and O–H groups in total. The molecule has 0 amide bonds. The molecule has 0 aromatic heterocycles. The summed E-state index contributed by atoms with van der Waals surface area (Å²) in [5.41, 5.74) is 8.60. The van der Waals surface area contributed by atoms with Gasteiger partial charge in [-0.15, -0.1) is 0 Å². The fraction of sp³-hybridized carbons (Fsp3) is 0.200. The van der Waals surface area contributed by atoms with E-state index < -0.39 is 0 Å². The van der Waals surface area contributed by atoms with E-state index in [1.54, 1.807) is 19.2 Å². The van der Waals surface area contributed by atoms with Crippen molar-refractivity contribution in [3.8, 4) is 5.75 Å². The number of ether oxygens (including phenoxy) is 1. The SMILES string of the molecule is COc1ccc(C(C)Nc2cc(Cl)ccc2N)cc1. The van der Waals surface area contributed by atoms with E-state index in [4.69, 9.17) is 22.1 Å². The number of nitrogens with two attached hydrogens (primary N) is 1. The average Bonchev–Trinajstić information content (AvgIpc) is 2.43. The Hall–Kier alpha value is -1.87. The second-order valence-corrected chi connectivity index (χ2v) is 4.81. The van der Waals surface area contributed by atoms with Crippen molar-refractivity contribution >= 4 is 23.0 Å². The number of nitrogen functional groups attached to an aromatic ring is 1. The zero-order valence-corrected chi connectivity index (χ0v) is 11.7. The summed E-state index contributed by atoms with van der Waals surface area (Å²) in [7, 11) is 1.66. The Morgan fingerprint density at radius 1 is 1.16 bits per heavy atom. The van der Waals surface area contributed by atoms with Crippen molar-refractivity contribution in [3.63, 3.8) is 0 Å². The first-order chi connectivity index (χ1) is 9.10. The summed E-state index contributed by atoms with van der Waals surface area (Å²) in [6.07, 6.45) is 0. The van der Waals surface area contributed by atoms with Crippen LogP contribution in [-0.4, -0.2) is 7.11 Å². The molecule has 2 rings (SSSR count). The number of nitrogens with one attached hydrogen (secondary N) is 1. The first-order valence-corrected chi connectivity index (χ1v) is 6.43. The van der Waals surface area contributed by atoms with E-state index in [9.17, 15) is 0 Å². The molecule has 100 valence electrons. The first-order valence-electron chi connectivity index (χ1n) is 6.05. The Balaban J connectivity index is 2.15. The van der Waals surface area contributed by atoms with Crippen LogP contribution in [-0.2, 0) is 0 Å². The molecule has 0 spiro atoms. The van der Waals surface area contributed by atoms with Crippen LogP contribution in [0.3, 0.4) is 0 Å². The van der Waals surface area contributed by atoms with Gasteiger partial charge in [-0.1, -0.05) is 23.7 Å². The van der Waals surface area contributed by atoms with Crippen molar-refractivity contribution in [2.75, 3.05) is 18.2 Å². The number of methoxy groups -OCH3 is 1. The van der Waals surface area contributed by atoms with Crippen LogP contribution in [0.1, 0.15) is 18.5 Å². The molecule has 0 radical (unpaired) electrons. The second-order valence-electron chi connectivity index (χ2n) is 4.37. The van der Waals surface area contributed by atoms with Gasteiger partial charge in [-0.3, -0.25) is 0 Å². The molecule has 0 aliphatic heterocycles. The van der Waals surface area contributed by atoms with Crippen LogP contribution >= 0.6 is 11.6 Å². The first kappa shape index (κ1) is 13.6. The van der Waals surface area contributed by atoms with Crippen LogP contribution in [0.2, 0.25) is 5.02 Å². The summed E-state index contributed by atoms with van der Waals surface area (Å²) in [5.74, 6) is 0.846. The molecule has 1 unspecified atom stereocenters. The normalized spacial score (nSPS) is 11.9. The summed E-state index contributed by atoms with van der Waals surface area (Å²) in [5, 5.41) is 4.02. The van der Waals surface area contributed by atoms with Gasteiger partial charge in [-0.25, -0.2) is 0 Å². The quantitative estimate of drug-likeness (QED) is 0.827. The topological polar surface area (TPSA) is 47.3 Å². The van der Waals surface area contributed by atoms with Gasteiger partial charge in [0.2, 0.25) is 0 Å². The highest BCUT2D eigenvalue weighted by Gasteiger charge is 2.08. The lowest BCUT2D eigenvalue weighted by Crippen LogP contribution is -2.08. The monoisotopic (exact) mass is 276 g/mol. The van der Waals surface area contributed by atoms with Gasteiger partial charge in [0.25, 0.3) is 0 Å². The zero-order chi connectivity index (χ0) is 13.8. The number of benzene rings is 2. The molecule has 0 saturated heterocycles. The van der Waals surface area contributed by atoms with Crippen LogP contribution in [0.15, 0.2) is 42.5 Å². The Morgan fingerprint density at radius 3 is 2.47 bits per heavy atom. The molecule has 19 heavy (non-hydrogen) atoms. The third-order valence-corrected chi connectivity index (χ3v) is 3.24. The van der Waals surface area contributed by atoms with E-state index in [-0.39, 0.29) is 6.04 Å². The molecule has 0 aliphatic rings. The molecule has 4 heteroatoms. The third kappa shape index (κ3) is 3.32. The van der Waals surface area contributed by atoms with Crippen molar-refractivity contribution in [2.45, 2.75) is 13.0 Å². The number of hydrogen-bond acceptors (Lipinski definition) is 3. The van der Waals surface area contributed by atoms with Crippen molar-refractivity contribution in [3.05, 3.63) is 53.1 Å². The van der Waals surface area contributed by atoms with Crippen molar-refractivity contribution in [2.24, 2.45) is 0 Å². The van der Waals surface area contributed by atoms with E-state index in [1.807, 2.05) is 30.3 Å². The van der Waals surface area contributed by atoms with Gasteiger partial charge in [0.15, 0.2) is 0 Å². The Bertz CT molecular complexity index is 555. The molecule has 2 aromatic rings. The van der Waals surface area contributed by atoms with Gasteiger partial charge < -0.3 is 15.8 Å². The Morgan fingerprint density at radius 2 is 1.84 bits per heavy atom. The lowest BCUT2D eigenvalue weighted by Gasteiger charge is -2.17. The van der Waals surface area contributed by atoms with Gasteiger partial charge in [-0.05, 0) is 42.8 Å². The van der Waals surface area contributed by atoms with E-state index >= 15 is 0 Å². The number of anilines is 2. The molecule has 1 atom stereocenters. The van der Waals surface area contributed by atoms with E-state index in [0.717, 1.165) is 17.0 Å². The number of rotatable bonds is 4. The van der Waals surface area contributed by atoms with E-state index in [2.05, 4.69) is 12.2 Å². The van der Waals surface area contributed by atoms with Crippen LogP contribution < -0.4 is 15.8 Å². The Kier molecular flexibility index (Phi) is 4.17. The predicted octanol–water partition coefficient (Wildman–Crippen LogP) is 4.10. The molecule has 3 nitrogen and oxygen atoms in total. The van der Waals surface area contributed by atoms with Gasteiger partial charge in [0.1, 0.15) is 5.75 Å². The van der Waals surface area contributed by atoms with Crippen molar-refractivity contribution in [1.82, 2.24) is 0 Å². The summed E-state index contributed by atoms with van der Waals surface area (Å²) in [4.78, 5) is 0. The minimum Gasteiger partial charge on any atom is -0.497 e. The van der Waals surface area contributed by atoms with E-state index in [1.165, 1.54) is 0 Å². The smallest absolute Gasteiger partial charge is 0.118 e. The highest BCUT2D eigenvalue weighted by Crippen LogP contribution is 2.27. The lowest BCUT2D eigenvalue weighted by molar-refractivity contribution is 0.414. The third-order valence-electron chi connectivity index (χ3n) is 3.00. The predicted molar refractivity (Wildman–Crippen MR) is 80.9 cm³/mol. The van der Waals surface area contributed by atoms with Gasteiger partial charge in [0.05, 0.1) is 18.5 Å². The lowest BCUT2D eigenvalue weighted by atomic mass is 10.1. The Labute approximate surface area is 118 Å². The van der Waals surface area contributed by atoms with Gasteiger partial charge >= 0.3 is 0 Å². The van der Waals surface area contributed by atoms with Crippen molar-refractivity contribution < 1.29 is 4.74 Å². The molecule has 0 fully saturated rings. The highest BCUT2D eigenvalue weighted by atomic mass is 35.5. The standard InChI is InChI=1S/C15H17ClN2O/c1-10(11-3-6-13(19-2)7-4-11)18-15-9-12(16)5-8-14(15)17/h3-10,18H,17H2,1-2H3. The molecular formula is C15H17ClN2O. The fourth-order valence-corrected chi connectivity index (χ4v) is 2.03. The zero-order valence-electron chi connectivity index (χ0n) is 11.0. The number of halogens is 1. The molecule has 2 aromatic carbocycles. The molecule has 0 bridgehead atoms. The summed E-state index contributed by atoms with van der Waals surface area (Å²) in [6.45, 7) is 2.07. The average molecular weight is 277 g/mol. The maximum absolute atomic E-state index is 5.97. The van der Waals surface area contributed by atoms with Gasteiger partial charge in [-0.2, -0.15) is 0 Å². The van der Waals surface area contributed by atoms with Crippen LogP contribution in [0.25, 0.3) is 0 Å². The molecular weight excluding hydrogens is 260 g/mol. The molecule has 0 heterocycles. The highest BCUT2D eigenvalue weighted by molar-refractivity contribution is 6.31. The van der Waals surface area contributed by atoms with Crippen LogP contribution in [0, 0.1) is 0 Å². The molecule has 0 saturated carbocycles. The van der Waals surface area contributed by atoms with Gasteiger partial charge in [0, 0.05) is 11.1 Å². The second kappa shape index (κ2) is 5.85. The summed E-state index contributed by atoms with van der Waals surface area (Å²) in [6, 6.07) is 13.5. The number of hydrogen-bond donors (Lipinski definition) is 2. The minimum absolute atomic E-state index is 0.131. The summed E-state index contributed by atoms with van der Waals surface area (Å²) < 4.78 is 5.14. The maximum Gasteiger partial charge on any atom is 0.118 e. The van der Waals surface area contributed by atoms with Crippen LogP contribution in [0.4, 0.5) is 11.4 Å². The fourth-order valence-electron chi connectivity index (χ4n) is 1.86. The van der Waals surface area contributed by atoms with Crippen LogP contribution in [0.5, 0.6) is 5.75 Å². The van der Waals surface area contributed by atoms with Crippen molar-refractivity contribution in [1.29, 1.82) is 0 Å². The minimum atomic E-state index is 0.131.